The van der Waals surface area contributed by atoms with Gasteiger partial charge in [0.25, 0.3) is 0 Å². The molecule has 1 rings (SSSR count). The van der Waals surface area contributed by atoms with Crippen LogP contribution in [0.2, 0.25) is 0 Å². The SMILES string of the molecule is C[C@@H]1CNC[C@H]1C(=O)NCC(C)(C)CO. The van der Waals surface area contributed by atoms with Crippen molar-refractivity contribution in [3.8, 4) is 0 Å². The fourth-order valence-corrected chi connectivity index (χ4v) is 1.67. The lowest BCUT2D eigenvalue weighted by Crippen LogP contribution is -2.41. The molecular weight excluding hydrogens is 192 g/mol. The van der Waals surface area contributed by atoms with Crippen molar-refractivity contribution in [1.29, 1.82) is 0 Å². The summed E-state index contributed by atoms with van der Waals surface area (Å²) in [5.74, 6) is 0.593. The quantitative estimate of drug-likeness (QED) is 0.616. The normalized spacial score (nSPS) is 26.7. The maximum atomic E-state index is 11.8. The van der Waals surface area contributed by atoms with Crippen molar-refractivity contribution in [3.05, 3.63) is 0 Å². The third kappa shape index (κ3) is 3.47. The van der Waals surface area contributed by atoms with Gasteiger partial charge >= 0.3 is 0 Å². The molecule has 0 aromatic heterocycles. The zero-order valence-electron chi connectivity index (χ0n) is 9.84. The largest absolute Gasteiger partial charge is 0.396 e. The van der Waals surface area contributed by atoms with Gasteiger partial charge in [0.15, 0.2) is 0 Å². The van der Waals surface area contributed by atoms with Crippen molar-refractivity contribution in [3.63, 3.8) is 0 Å². The number of carbonyl (C=O) groups is 1. The van der Waals surface area contributed by atoms with Crippen LogP contribution in [0.4, 0.5) is 0 Å². The van der Waals surface area contributed by atoms with Gasteiger partial charge in [-0.25, -0.2) is 0 Å². The molecule has 4 heteroatoms. The van der Waals surface area contributed by atoms with Crippen molar-refractivity contribution in [1.82, 2.24) is 10.6 Å². The molecule has 0 aliphatic carbocycles. The molecule has 2 atom stereocenters. The number of hydrogen-bond acceptors (Lipinski definition) is 3. The Morgan fingerprint density at radius 1 is 1.53 bits per heavy atom. The third-order valence-corrected chi connectivity index (χ3v) is 3.02. The summed E-state index contributed by atoms with van der Waals surface area (Å²) in [7, 11) is 0. The maximum absolute atomic E-state index is 11.8. The van der Waals surface area contributed by atoms with E-state index in [0.29, 0.717) is 12.5 Å². The van der Waals surface area contributed by atoms with E-state index in [1.165, 1.54) is 0 Å². The highest BCUT2D eigenvalue weighted by molar-refractivity contribution is 5.79. The minimum atomic E-state index is -0.231. The summed E-state index contributed by atoms with van der Waals surface area (Å²) < 4.78 is 0. The summed E-state index contributed by atoms with van der Waals surface area (Å²) >= 11 is 0. The van der Waals surface area contributed by atoms with Crippen LogP contribution in [0.1, 0.15) is 20.8 Å². The van der Waals surface area contributed by atoms with Gasteiger partial charge in [-0.05, 0) is 12.5 Å². The first kappa shape index (κ1) is 12.5. The second-order valence-electron chi connectivity index (χ2n) is 5.28. The molecule has 0 unspecified atom stereocenters. The van der Waals surface area contributed by atoms with Crippen molar-refractivity contribution in [2.24, 2.45) is 17.3 Å². The Bertz CT molecular complexity index is 229. The van der Waals surface area contributed by atoms with Gasteiger partial charge in [-0.1, -0.05) is 20.8 Å². The number of aliphatic hydroxyl groups excluding tert-OH is 1. The van der Waals surface area contributed by atoms with Gasteiger partial charge in [-0.3, -0.25) is 4.79 Å². The zero-order valence-corrected chi connectivity index (χ0v) is 9.84. The molecule has 88 valence electrons. The molecule has 0 aromatic carbocycles. The average Bonchev–Trinajstić information content (AvgIpc) is 2.61. The molecular formula is C11H22N2O2. The number of amides is 1. The molecule has 1 aliphatic heterocycles. The molecule has 1 amide bonds. The lowest BCUT2D eigenvalue weighted by atomic mass is 9.93. The highest BCUT2D eigenvalue weighted by Crippen LogP contribution is 2.17. The van der Waals surface area contributed by atoms with Gasteiger partial charge in [0, 0.05) is 25.1 Å². The minimum absolute atomic E-state index is 0.0829. The van der Waals surface area contributed by atoms with Gasteiger partial charge in [-0.2, -0.15) is 0 Å². The summed E-state index contributed by atoms with van der Waals surface area (Å²) in [5.41, 5.74) is -0.231. The van der Waals surface area contributed by atoms with Gasteiger partial charge in [0.2, 0.25) is 5.91 Å². The van der Waals surface area contributed by atoms with Crippen LogP contribution in [-0.2, 0) is 4.79 Å². The molecule has 0 bridgehead atoms. The standard InChI is InChI=1S/C11H22N2O2/c1-8-4-12-5-9(8)10(15)13-6-11(2,3)7-14/h8-9,12,14H,4-7H2,1-3H3,(H,13,15)/t8-,9-/m1/s1. The Morgan fingerprint density at radius 3 is 2.67 bits per heavy atom. The van der Waals surface area contributed by atoms with Crippen molar-refractivity contribution in [2.75, 3.05) is 26.2 Å². The zero-order chi connectivity index (χ0) is 11.5. The molecule has 4 nitrogen and oxygen atoms in total. The number of aliphatic hydroxyl groups is 1. The summed E-state index contributed by atoms with van der Waals surface area (Å²) in [5, 5.41) is 15.2. The predicted molar refractivity (Wildman–Crippen MR) is 59.4 cm³/mol. The van der Waals surface area contributed by atoms with E-state index in [4.69, 9.17) is 5.11 Å². The Hall–Kier alpha value is -0.610. The van der Waals surface area contributed by atoms with Crippen LogP contribution in [0.5, 0.6) is 0 Å². The highest BCUT2D eigenvalue weighted by atomic mass is 16.3. The lowest BCUT2D eigenvalue weighted by Gasteiger charge is -2.23. The van der Waals surface area contributed by atoms with E-state index >= 15 is 0 Å². The van der Waals surface area contributed by atoms with E-state index in [2.05, 4.69) is 17.6 Å². The van der Waals surface area contributed by atoms with Crippen LogP contribution in [0.25, 0.3) is 0 Å². The first-order chi connectivity index (χ1) is 6.96. The highest BCUT2D eigenvalue weighted by Gasteiger charge is 2.30. The topological polar surface area (TPSA) is 61.4 Å². The van der Waals surface area contributed by atoms with Crippen LogP contribution in [-0.4, -0.2) is 37.3 Å². The Kier molecular flexibility index (Phi) is 4.11. The molecule has 0 spiro atoms. The first-order valence-electron chi connectivity index (χ1n) is 5.55. The fraction of sp³-hybridized carbons (Fsp3) is 0.909. The van der Waals surface area contributed by atoms with Crippen LogP contribution < -0.4 is 10.6 Å². The van der Waals surface area contributed by atoms with E-state index in [1.807, 2.05) is 13.8 Å². The van der Waals surface area contributed by atoms with E-state index in [0.717, 1.165) is 13.1 Å². The second kappa shape index (κ2) is 4.94. The molecule has 0 saturated carbocycles. The molecule has 1 aliphatic rings. The Balaban J connectivity index is 2.36. The summed E-state index contributed by atoms with van der Waals surface area (Å²) in [6, 6.07) is 0. The van der Waals surface area contributed by atoms with Gasteiger partial charge < -0.3 is 15.7 Å². The summed E-state index contributed by atoms with van der Waals surface area (Å²) in [4.78, 5) is 11.8. The van der Waals surface area contributed by atoms with Crippen LogP contribution in [0, 0.1) is 17.3 Å². The summed E-state index contributed by atoms with van der Waals surface area (Å²) in [6.45, 7) is 8.26. The van der Waals surface area contributed by atoms with Crippen LogP contribution in [0.3, 0.4) is 0 Å². The molecule has 0 radical (unpaired) electrons. The number of carbonyl (C=O) groups excluding carboxylic acids is 1. The fourth-order valence-electron chi connectivity index (χ4n) is 1.67. The number of rotatable bonds is 4. The predicted octanol–water partition coefficient (Wildman–Crippen LogP) is -0.0234. The molecule has 15 heavy (non-hydrogen) atoms. The smallest absolute Gasteiger partial charge is 0.224 e. The van der Waals surface area contributed by atoms with Gasteiger partial charge in [0.05, 0.1) is 5.92 Å². The van der Waals surface area contributed by atoms with E-state index < -0.39 is 0 Å². The van der Waals surface area contributed by atoms with E-state index in [1.54, 1.807) is 0 Å². The summed E-state index contributed by atoms with van der Waals surface area (Å²) in [6.07, 6.45) is 0. The van der Waals surface area contributed by atoms with E-state index in [9.17, 15) is 4.79 Å². The van der Waals surface area contributed by atoms with Crippen molar-refractivity contribution >= 4 is 5.91 Å². The number of nitrogens with one attached hydrogen (secondary N) is 2. The third-order valence-electron chi connectivity index (χ3n) is 3.02. The molecule has 1 heterocycles. The van der Waals surface area contributed by atoms with Gasteiger partial charge in [0.1, 0.15) is 0 Å². The Labute approximate surface area is 91.4 Å². The Morgan fingerprint density at radius 2 is 2.20 bits per heavy atom. The van der Waals surface area contributed by atoms with Crippen molar-refractivity contribution in [2.45, 2.75) is 20.8 Å². The second-order valence-corrected chi connectivity index (χ2v) is 5.28. The average molecular weight is 214 g/mol. The number of hydrogen-bond donors (Lipinski definition) is 3. The molecule has 3 N–H and O–H groups in total. The first-order valence-corrected chi connectivity index (χ1v) is 5.55. The molecule has 1 saturated heterocycles. The van der Waals surface area contributed by atoms with Crippen LogP contribution >= 0.6 is 0 Å². The molecule has 1 fully saturated rings. The monoisotopic (exact) mass is 214 g/mol. The van der Waals surface area contributed by atoms with Crippen molar-refractivity contribution < 1.29 is 9.90 Å². The maximum Gasteiger partial charge on any atom is 0.224 e. The lowest BCUT2D eigenvalue weighted by molar-refractivity contribution is -0.125. The molecule has 0 aromatic rings. The van der Waals surface area contributed by atoms with Crippen LogP contribution in [0.15, 0.2) is 0 Å². The van der Waals surface area contributed by atoms with E-state index in [-0.39, 0.29) is 23.8 Å². The van der Waals surface area contributed by atoms with Gasteiger partial charge in [-0.15, -0.1) is 0 Å². The minimum Gasteiger partial charge on any atom is -0.396 e.